The maximum absolute atomic E-state index is 12.5. The number of amidine groups is 1. The molecule has 0 radical (unpaired) electrons. The molecule has 1 saturated carbocycles. The van der Waals surface area contributed by atoms with Gasteiger partial charge in [0.2, 0.25) is 11.9 Å². The Labute approximate surface area is 182 Å². The molecule has 0 atom stereocenters. The Bertz CT molecular complexity index is 702. The SMILES string of the molecule is Cl.Cl.N=C(N)c1cnc(N2CCC(C(=O)NC3CCC(C(=O)O)CC3)CC2)nc1. The van der Waals surface area contributed by atoms with E-state index in [9.17, 15) is 9.59 Å². The van der Waals surface area contributed by atoms with Gasteiger partial charge in [-0.05, 0) is 38.5 Å². The van der Waals surface area contributed by atoms with Crippen molar-refractivity contribution in [2.24, 2.45) is 17.6 Å². The fourth-order valence-electron chi connectivity index (χ4n) is 3.77. The largest absolute Gasteiger partial charge is 0.481 e. The average molecular weight is 447 g/mol. The molecule has 5 N–H and O–H groups in total. The fourth-order valence-corrected chi connectivity index (χ4v) is 3.77. The van der Waals surface area contributed by atoms with Crippen LogP contribution in [0.4, 0.5) is 5.95 Å². The van der Waals surface area contributed by atoms with Crippen molar-refractivity contribution in [1.29, 1.82) is 5.41 Å². The number of hydrogen-bond acceptors (Lipinski definition) is 6. The smallest absolute Gasteiger partial charge is 0.306 e. The minimum Gasteiger partial charge on any atom is -0.481 e. The second-order valence-corrected chi connectivity index (χ2v) is 7.34. The number of nitrogens with two attached hydrogens (primary N) is 1. The number of rotatable bonds is 5. The topological polar surface area (TPSA) is 145 Å². The van der Waals surface area contributed by atoms with Crippen LogP contribution >= 0.6 is 24.8 Å². The maximum Gasteiger partial charge on any atom is 0.306 e. The van der Waals surface area contributed by atoms with Gasteiger partial charge in [-0.25, -0.2) is 9.97 Å². The van der Waals surface area contributed by atoms with E-state index in [-0.39, 0.29) is 54.4 Å². The maximum atomic E-state index is 12.5. The second-order valence-electron chi connectivity index (χ2n) is 7.34. The van der Waals surface area contributed by atoms with Crippen molar-refractivity contribution < 1.29 is 14.7 Å². The average Bonchev–Trinajstić information content (AvgIpc) is 2.68. The van der Waals surface area contributed by atoms with E-state index in [1.807, 2.05) is 4.90 Å². The number of carbonyl (C=O) groups excluding carboxylic acids is 1. The highest BCUT2D eigenvalue weighted by molar-refractivity contribution is 5.94. The number of carboxylic acid groups (broad SMARTS) is 1. The number of nitrogens with one attached hydrogen (secondary N) is 2. The van der Waals surface area contributed by atoms with Crippen molar-refractivity contribution in [2.75, 3.05) is 18.0 Å². The molecule has 162 valence electrons. The summed E-state index contributed by atoms with van der Waals surface area (Å²) in [6.45, 7) is 1.40. The lowest BCUT2D eigenvalue weighted by Gasteiger charge is -2.33. The summed E-state index contributed by atoms with van der Waals surface area (Å²) in [4.78, 5) is 34.1. The highest BCUT2D eigenvalue weighted by Crippen LogP contribution is 2.26. The quantitative estimate of drug-likeness (QED) is 0.396. The lowest BCUT2D eigenvalue weighted by Crippen LogP contribution is -2.45. The molecule has 29 heavy (non-hydrogen) atoms. The summed E-state index contributed by atoms with van der Waals surface area (Å²) < 4.78 is 0. The summed E-state index contributed by atoms with van der Waals surface area (Å²) in [5, 5.41) is 19.5. The zero-order valence-electron chi connectivity index (χ0n) is 16.0. The number of aliphatic carboxylic acids is 1. The first-order valence-corrected chi connectivity index (χ1v) is 9.38. The number of halogens is 2. The number of carbonyl (C=O) groups is 2. The Kier molecular flexibility index (Phi) is 9.58. The number of nitrogen functional groups attached to an aromatic ring is 1. The van der Waals surface area contributed by atoms with Crippen LogP contribution in [0, 0.1) is 17.2 Å². The molecule has 2 heterocycles. The van der Waals surface area contributed by atoms with Crippen LogP contribution in [0.1, 0.15) is 44.1 Å². The Morgan fingerprint density at radius 1 is 1.03 bits per heavy atom. The molecule has 1 amide bonds. The molecule has 1 aromatic rings. The first-order valence-electron chi connectivity index (χ1n) is 9.38. The third kappa shape index (κ3) is 6.43. The zero-order valence-corrected chi connectivity index (χ0v) is 17.7. The van der Waals surface area contributed by atoms with Gasteiger partial charge in [0.25, 0.3) is 0 Å². The normalized spacial score (nSPS) is 22.0. The number of piperidine rings is 1. The highest BCUT2D eigenvalue weighted by atomic mass is 35.5. The molecule has 1 aromatic heterocycles. The molecule has 0 unspecified atom stereocenters. The molecular weight excluding hydrogens is 419 g/mol. The summed E-state index contributed by atoms with van der Waals surface area (Å²) >= 11 is 0. The molecule has 9 nitrogen and oxygen atoms in total. The second kappa shape index (κ2) is 11.2. The van der Waals surface area contributed by atoms with E-state index in [0.717, 1.165) is 25.7 Å². The number of nitrogens with zero attached hydrogens (tertiary/aromatic N) is 3. The third-order valence-corrected chi connectivity index (χ3v) is 5.52. The van der Waals surface area contributed by atoms with E-state index in [0.29, 0.717) is 37.4 Å². The van der Waals surface area contributed by atoms with Crippen LogP contribution in [-0.2, 0) is 9.59 Å². The lowest BCUT2D eigenvalue weighted by atomic mass is 9.85. The van der Waals surface area contributed by atoms with Crippen LogP contribution in [0.15, 0.2) is 12.4 Å². The molecule has 11 heteroatoms. The monoisotopic (exact) mass is 446 g/mol. The van der Waals surface area contributed by atoms with Gasteiger partial charge in [-0.2, -0.15) is 0 Å². The molecule has 1 aliphatic carbocycles. The van der Waals surface area contributed by atoms with Gasteiger partial charge >= 0.3 is 5.97 Å². The Hall–Kier alpha value is -2.13. The zero-order chi connectivity index (χ0) is 19.4. The molecule has 2 aliphatic rings. The van der Waals surface area contributed by atoms with Crippen molar-refractivity contribution in [3.05, 3.63) is 18.0 Å². The van der Waals surface area contributed by atoms with Crippen LogP contribution in [0.2, 0.25) is 0 Å². The van der Waals surface area contributed by atoms with Gasteiger partial charge in [-0.3, -0.25) is 15.0 Å². The first-order chi connectivity index (χ1) is 12.9. The highest BCUT2D eigenvalue weighted by Gasteiger charge is 2.30. The minimum atomic E-state index is -0.731. The van der Waals surface area contributed by atoms with E-state index < -0.39 is 5.97 Å². The lowest BCUT2D eigenvalue weighted by molar-refractivity contribution is -0.142. The standard InChI is InChI=1S/C18H26N6O3.2ClH/c19-15(20)13-9-21-18(22-10-13)24-7-5-11(6-8-24)16(25)23-14-3-1-12(2-4-14)17(26)27;;/h9-12,14H,1-8H2,(H3,19,20)(H,23,25)(H,26,27);2*1H. The Morgan fingerprint density at radius 3 is 2.07 bits per heavy atom. The van der Waals surface area contributed by atoms with Gasteiger partial charge in [-0.15, -0.1) is 24.8 Å². The van der Waals surface area contributed by atoms with Crippen LogP contribution in [0.3, 0.4) is 0 Å². The molecule has 0 spiro atoms. The van der Waals surface area contributed by atoms with E-state index >= 15 is 0 Å². The molecule has 1 aliphatic heterocycles. The minimum absolute atomic E-state index is 0. The van der Waals surface area contributed by atoms with E-state index in [1.165, 1.54) is 12.4 Å². The summed E-state index contributed by atoms with van der Waals surface area (Å²) in [6, 6.07) is 0.0913. The van der Waals surface area contributed by atoms with Crippen LogP contribution in [0.25, 0.3) is 0 Å². The van der Waals surface area contributed by atoms with Crippen molar-refractivity contribution in [3.63, 3.8) is 0 Å². The van der Waals surface area contributed by atoms with E-state index in [1.54, 1.807) is 0 Å². The Balaban J connectivity index is 0.00000210. The third-order valence-electron chi connectivity index (χ3n) is 5.52. The summed E-state index contributed by atoms with van der Waals surface area (Å²) in [5.74, 6) is -0.433. The molecule has 0 bridgehead atoms. The predicted octanol–water partition coefficient (Wildman–Crippen LogP) is 1.58. The summed E-state index contributed by atoms with van der Waals surface area (Å²) in [6.07, 6.45) is 7.27. The van der Waals surface area contributed by atoms with Gasteiger partial charge in [0, 0.05) is 37.4 Å². The van der Waals surface area contributed by atoms with E-state index in [4.69, 9.17) is 16.2 Å². The van der Waals surface area contributed by atoms with Gasteiger partial charge in [0.05, 0.1) is 11.5 Å². The molecule has 1 saturated heterocycles. The van der Waals surface area contributed by atoms with Gasteiger partial charge in [0.1, 0.15) is 5.84 Å². The first kappa shape index (κ1) is 24.9. The predicted molar refractivity (Wildman–Crippen MR) is 114 cm³/mol. The van der Waals surface area contributed by atoms with Crippen molar-refractivity contribution in [1.82, 2.24) is 15.3 Å². The van der Waals surface area contributed by atoms with Crippen LogP contribution in [0.5, 0.6) is 0 Å². The summed E-state index contributed by atoms with van der Waals surface area (Å²) in [7, 11) is 0. The number of anilines is 1. The van der Waals surface area contributed by atoms with Gasteiger partial charge in [0.15, 0.2) is 0 Å². The van der Waals surface area contributed by atoms with Gasteiger partial charge < -0.3 is 21.1 Å². The fraction of sp³-hybridized carbons (Fsp3) is 0.611. The summed E-state index contributed by atoms with van der Waals surface area (Å²) in [5.41, 5.74) is 5.90. The van der Waals surface area contributed by atoms with Crippen LogP contribution in [-0.4, -0.2) is 51.9 Å². The Morgan fingerprint density at radius 2 is 1.59 bits per heavy atom. The van der Waals surface area contributed by atoms with Crippen LogP contribution < -0.4 is 16.0 Å². The number of carboxylic acids is 1. The molecule has 3 rings (SSSR count). The van der Waals surface area contributed by atoms with Crippen molar-refractivity contribution >= 4 is 48.5 Å². The molecule has 0 aromatic carbocycles. The van der Waals surface area contributed by atoms with Crippen molar-refractivity contribution in [2.45, 2.75) is 44.6 Å². The van der Waals surface area contributed by atoms with Gasteiger partial charge in [-0.1, -0.05) is 0 Å². The van der Waals surface area contributed by atoms with Crippen molar-refractivity contribution in [3.8, 4) is 0 Å². The number of hydrogen-bond donors (Lipinski definition) is 4. The molecule has 2 fully saturated rings. The van der Waals surface area contributed by atoms with E-state index in [2.05, 4.69) is 15.3 Å². The number of aromatic nitrogens is 2. The number of amides is 1. The molecular formula is C18H28Cl2N6O3.